The third-order valence-corrected chi connectivity index (χ3v) is 2.96. The van der Waals surface area contributed by atoms with Gasteiger partial charge >= 0.3 is 0 Å². The summed E-state index contributed by atoms with van der Waals surface area (Å²) in [6.07, 6.45) is 2.91. The van der Waals surface area contributed by atoms with Crippen LogP contribution in [0, 0.1) is 5.92 Å². The van der Waals surface area contributed by atoms with Crippen molar-refractivity contribution in [3.05, 3.63) is 0 Å². The second-order valence-corrected chi connectivity index (χ2v) is 5.05. The van der Waals surface area contributed by atoms with Gasteiger partial charge in [-0.1, -0.05) is 13.8 Å². The minimum atomic E-state index is 0.496. The standard InChI is InChI=1S/C12H25NO/c1-10(2)6-8-14-12-5-7-13(9-12)11(3)4/h10-12H,5-9H2,1-4H3. The first-order valence-electron chi connectivity index (χ1n) is 5.95. The Hall–Kier alpha value is -0.0800. The Morgan fingerprint density at radius 3 is 2.50 bits per heavy atom. The van der Waals surface area contributed by atoms with Crippen LogP contribution in [0.3, 0.4) is 0 Å². The topological polar surface area (TPSA) is 12.5 Å². The van der Waals surface area contributed by atoms with Crippen LogP contribution in [0.2, 0.25) is 0 Å². The third kappa shape index (κ3) is 3.97. The predicted molar refractivity (Wildman–Crippen MR) is 60.5 cm³/mol. The molecule has 0 N–H and O–H groups in total. The molecular weight excluding hydrogens is 174 g/mol. The van der Waals surface area contributed by atoms with Gasteiger partial charge in [0.05, 0.1) is 6.10 Å². The second kappa shape index (κ2) is 5.72. The minimum Gasteiger partial charge on any atom is -0.377 e. The highest BCUT2D eigenvalue weighted by Crippen LogP contribution is 2.15. The van der Waals surface area contributed by atoms with E-state index in [2.05, 4.69) is 32.6 Å². The van der Waals surface area contributed by atoms with E-state index < -0.39 is 0 Å². The molecule has 0 aromatic rings. The van der Waals surface area contributed by atoms with E-state index in [4.69, 9.17) is 4.74 Å². The zero-order valence-electron chi connectivity index (χ0n) is 10.1. The minimum absolute atomic E-state index is 0.496. The molecule has 1 aliphatic rings. The van der Waals surface area contributed by atoms with Crippen LogP contribution in [-0.4, -0.2) is 36.7 Å². The van der Waals surface area contributed by atoms with E-state index in [1.54, 1.807) is 0 Å². The number of hydrogen-bond donors (Lipinski definition) is 0. The van der Waals surface area contributed by atoms with Crippen molar-refractivity contribution in [2.24, 2.45) is 5.92 Å². The molecule has 0 aliphatic carbocycles. The average Bonchev–Trinajstić information content (AvgIpc) is 2.52. The van der Waals surface area contributed by atoms with Crippen LogP contribution in [0.1, 0.15) is 40.5 Å². The summed E-state index contributed by atoms with van der Waals surface area (Å²) in [7, 11) is 0. The summed E-state index contributed by atoms with van der Waals surface area (Å²) in [6.45, 7) is 12.3. The van der Waals surface area contributed by atoms with Crippen molar-refractivity contribution in [3.63, 3.8) is 0 Å². The summed E-state index contributed by atoms with van der Waals surface area (Å²) >= 11 is 0. The van der Waals surface area contributed by atoms with Gasteiger partial charge in [-0.15, -0.1) is 0 Å². The Bertz CT molecular complexity index is 156. The highest BCUT2D eigenvalue weighted by molar-refractivity contribution is 4.78. The SMILES string of the molecule is CC(C)CCOC1CCN(C(C)C)C1. The van der Waals surface area contributed by atoms with Gasteiger partial charge < -0.3 is 4.74 Å². The van der Waals surface area contributed by atoms with Gasteiger partial charge in [-0.2, -0.15) is 0 Å². The number of rotatable bonds is 5. The van der Waals surface area contributed by atoms with Crippen LogP contribution in [0.4, 0.5) is 0 Å². The lowest BCUT2D eigenvalue weighted by Crippen LogP contribution is -2.29. The quantitative estimate of drug-likeness (QED) is 0.674. The molecule has 1 rings (SSSR count). The molecule has 0 amide bonds. The van der Waals surface area contributed by atoms with Crippen molar-refractivity contribution >= 4 is 0 Å². The van der Waals surface area contributed by atoms with Crippen LogP contribution < -0.4 is 0 Å². The van der Waals surface area contributed by atoms with Crippen molar-refractivity contribution in [3.8, 4) is 0 Å². The molecule has 1 fully saturated rings. The Kier molecular flexibility index (Phi) is 4.90. The van der Waals surface area contributed by atoms with E-state index in [1.807, 2.05) is 0 Å². The molecule has 1 saturated heterocycles. The molecule has 1 unspecified atom stereocenters. The summed E-state index contributed by atoms with van der Waals surface area (Å²) < 4.78 is 5.85. The van der Waals surface area contributed by atoms with Crippen molar-refractivity contribution < 1.29 is 4.74 Å². The maximum Gasteiger partial charge on any atom is 0.0714 e. The fourth-order valence-electron chi connectivity index (χ4n) is 1.83. The van der Waals surface area contributed by atoms with Gasteiger partial charge in [-0.05, 0) is 32.6 Å². The molecule has 0 aromatic heterocycles. The van der Waals surface area contributed by atoms with Crippen LogP contribution in [0.5, 0.6) is 0 Å². The highest BCUT2D eigenvalue weighted by Gasteiger charge is 2.24. The van der Waals surface area contributed by atoms with Crippen LogP contribution in [0.25, 0.3) is 0 Å². The van der Waals surface area contributed by atoms with Crippen molar-refractivity contribution in [1.29, 1.82) is 0 Å². The summed E-state index contributed by atoms with van der Waals surface area (Å²) in [4.78, 5) is 2.50. The van der Waals surface area contributed by atoms with Crippen molar-refractivity contribution in [1.82, 2.24) is 4.90 Å². The summed E-state index contributed by atoms with van der Waals surface area (Å²) in [6, 6.07) is 0.675. The monoisotopic (exact) mass is 199 g/mol. The van der Waals surface area contributed by atoms with Crippen LogP contribution in [0.15, 0.2) is 0 Å². The molecule has 0 saturated carbocycles. The first-order chi connectivity index (χ1) is 6.59. The fourth-order valence-corrected chi connectivity index (χ4v) is 1.83. The van der Waals surface area contributed by atoms with Gasteiger partial charge in [0.25, 0.3) is 0 Å². The maximum atomic E-state index is 5.85. The molecule has 0 aromatic carbocycles. The normalized spacial score (nSPS) is 24.0. The number of hydrogen-bond acceptors (Lipinski definition) is 2. The average molecular weight is 199 g/mol. The first kappa shape index (κ1) is 12.0. The van der Waals surface area contributed by atoms with E-state index in [9.17, 15) is 0 Å². The van der Waals surface area contributed by atoms with Gasteiger partial charge in [0.1, 0.15) is 0 Å². The van der Waals surface area contributed by atoms with E-state index in [0.29, 0.717) is 12.1 Å². The molecule has 0 spiro atoms. The Balaban J connectivity index is 2.10. The second-order valence-electron chi connectivity index (χ2n) is 5.05. The Labute approximate surface area is 88.6 Å². The molecule has 2 heteroatoms. The lowest BCUT2D eigenvalue weighted by Gasteiger charge is -2.20. The smallest absolute Gasteiger partial charge is 0.0714 e. The summed E-state index contributed by atoms with van der Waals surface area (Å²) in [5.74, 6) is 0.762. The molecule has 1 aliphatic heterocycles. The highest BCUT2D eigenvalue weighted by atomic mass is 16.5. The Morgan fingerprint density at radius 2 is 2.00 bits per heavy atom. The van der Waals surface area contributed by atoms with E-state index in [0.717, 1.165) is 19.1 Å². The van der Waals surface area contributed by atoms with Gasteiger partial charge in [0.15, 0.2) is 0 Å². The lowest BCUT2D eigenvalue weighted by atomic mass is 10.1. The summed E-state index contributed by atoms with van der Waals surface area (Å²) in [5.41, 5.74) is 0. The predicted octanol–water partition coefficient (Wildman–Crippen LogP) is 2.53. The molecule has 2 nitrogen and oxygen atoms in total. The summed E-state index contributed by atoms with van der Waals surface area (Å²) in [5, 5.41) is 0. The molecule has 84 valence electrons. The molecule has 14 heavy (non-hydrogen) atoms. The van der Waals surface area contributed by atoms with Gasteiger partial charge in [-0.3, -0.25) is 4.90 Å². The molecule has 1 heterocycles. The number of nitrogens with zero attached hydrogens (tertiary/aromatic N) is 1. The molecule has 0 bridgehead atoms. The van der Waals surface area contributed by atoms with E-state index in [1.165, 1.54) is 19.4 Å². The zero-order chi connectivity index (χ0) is 10.6. The molecule has 1 atom stereocenters. The van der Waals surface area contributed by atoms with Gasteiger partial charge in [0, 0.05) is 25.7 Å². The molecular formula is C12H25NO. The third-order valence-electron chi connectivity index (χ3n) is 2.96. The maximum absolute atomic E-state index is 5.85. The van der Waals surface area contributed by atoms with Gasteiger partial charge in [0.2, 0.25) is 0 Å². The van der Waals surface area contributed by atoms with Crippen LogP contribution in [-0.2, 0) is 4.74 Å². The first-order valence-corrected chi connectivity index (χ1v) is 5.95. The largest absolute Gasteiger partial charge is 0.377 e. The van der Waals surface area contributed by atoms with Crippen molar-refractivity contribution in [2.45, 2.75) is 52.7 Å². The van der Waals surface area contributed by atoms with E-state index in [-0.39, 0.29) is 0 Å². The number of ether oxygens (including phenoxy) is 1. The zero-order valence-corrected chi connectivity index (χ0v) is 10.1. The van der Waals surface area contributed by atoms with Crippen LogP contribution >= 0.6 is 0 Å². The number of likely N-dealkylation sites (tertiary alicyclic amines) is 1. The van der Waals surface area contributed by atoms with Gasteiger partial charge in [-0.25, -0.2) is 0 Å². The van der Waals surface area contributed by atoms with E-state index >= 15 is 0 Å². The molecule has 0 radical (unpaired) electrons. The fraction of sp³-hybridized carbons (Fsp3) is 1.00. The van der Waals surface area contributed by atoms with Crippen molar-refractivity contribution in [2.75, 3.05) is 19.7 Å². The Morgan fingerprint density at radius 1 is 1.29 bits per heavy atom. The lowest BCUT2D eigenvalue weighted by molar-refractivity contribution is 0.0500.